The van der Waals surface area contributed by atoms with Gasteiger partial charge in [0, 0.05) is 17.8 Å². The Hall–Kier alpha value is -2.83. The summed E-state index contributed by atoms with van der Waals surface area (Å²) in [5.74, 6) is -0.358. The van der Waals surface area contributed by atoms with Gasteiger partial charge >= 0.3 is 0 Å². The molecule has 0 saturated heterocycles. The topological polar surface area (TPSA) is 75.3 Å². The summed E-state index contributed by atoms with van der Waals surface area (Å²) in [5.41, 5.74) is 1.75. The van der Waals surface area contributed by atoms with Crippen molar-refractivity contribution >= 4 is 33.2 Å². The lowest BCUT2D eigenvalue weighted by Crippen LogP contribution is -2.26. The number of amides is 1. The third kappa shape index (κ3) is 5.12. The minimum atomic E-state index is -3.93. The van der Waals surface area contributed by atoms with Crippen LogP contribution in [0.4, 0.5) is 5.69 Å². The Morgan fingerprint density at radius 3 is 2.21 bits per heavy atom. The van der Waals surface area contributed by atoms with Crippen molar-refractivity contribution in [1.29, 1.82) is 0 Å². The Kier molecular flexibility index (Phi) is 6.34. The lowest BCUT2D eigenvalue weighted by Gasteiger charge is -2.11. The molecule has 0 aliphatic carbocycles. The lowest BCUT2D eigenvalue weighted by molar-refractivity contribution is 0.0954. The fourth-order valence-corrected chi connectivity index (χ4v) is 4.22. The fraction of sp³-hybridized carbons (Fsp3) is 0.0952. The average Bonchev–Trinajstić information content (AvgIpc) is 2.69. The molecule has 0 saturated carbocycles. The van der Waals surface area contributed by atoms with Gasteiger partial charge in [-0.05, 0) is 42.3 Å². The van der Waals surface area contributed by atoms with Gasteiger partial charge in [-0.25, -0.2) is 8.42 Å². The van der Waals surface area contributed by atoms with Gasteiger partial charge in [-0.15, -0.1) is 0 Å². The van der Waals surface area contributed by atoms with E-state index in [1.54, 1.807) is 30.3 Å². The van der Waals surface area contributed by atoms with Gasteiger partial charge in [-0.3, -0.25) is 9.52 Å². The fourth-order valence-electron chi connectivity index (χ4n) is 2.63. The number of carbonyl (C=O) groups excluding carboxylic acids is 1. The van der Waals surface area contributed by atoms with Crippen molar-refractivity contribution < 1.29 is 13.2 Å². The molecule has 1 amide bonds. The summed E-state index contributed by atoms with van der Waals surface area (Å²) in [7, 11) is -3.93. The normalized spacial score (nSPS) is 11.0. The van der Waals surface area contributed by atoms with Crippen molar-refractivity contribution in [2.24, 2.45) is 0 Å². The number of anilines is 1. The molecule has 0 heterocycles. The average molecular weight is 415 g/mol. The van der Waals surface area contributed by atoms with Crippen LogP contribution in [0.25, 0.3) is 0 Å². The summed E-state index contributed by atoms with van der Waals surface area (Å²) >= 11 is 6.09. The number of rotatable bonds is 7. The predicted octanol–water partition coefficient (Wildman–Crippen LogP) is 4.11. The number of carbonyl (C=O) groups is 1. The van der Waals surface area contributed by atoms with Crippen molar-refractivity contribution in [3.05, 3.63) is 95.0 Å². The van der Waals surface area contributed by atoms with Crippen LogP contribution >= 0.6 is 11.6 Å². The first-order valence-electron chi connectivity index (χ1n) is 8.65. The van der Waals surface area contributed by atoms with E-state index in [0.29, 0.717) is 18.7 Å². The minimum absolute atomic E-state index is 0.0456. The van der Waals surface area contributed by atoms with Gasteiger partial charge in [0.15, 0.2) is 0 Å². The molecule has 0 spiro atoms. The number of sulfonamides is 1. The van der Waals surface area contributed by atoms with Crippen LogP contribution in [0.2, 0.25) is 5.02 Å². The third-order valence-electron chi connectivity index (χ3n) is 4.05. The number of hydrogen-bond acceptors (Lipinski definition) is 3. The van der Waals surface area contributed by atoms with Crippen molar-refractivity contribution in [3.63, 3.8) is 0 Å². The highest BCUT2D eigenvalue weighted by atomic mass is 35.5. The summed E-state index contributed by atoms with van der Waals surface area (Å²) in [5, 5.41) is 2.84. The Morgan fingerprint density at radius 1 is 0.893 bits per heavy atom. The quantitative estimate of drug-likeness (QED) is 0.610. The molecule has 3 aromatic rings. The Balaban J connectivity index is 1.72. The zero-order valence-electron chi connectivity index (χ0n) is 14.9. The van der Waals surface area contributed by atoms with E-state index in [1.807, 2.05) is 30.3 Å². The first-order valence-corrected chi connectivity index (χ1v) is 10.5. The number of benzene rings is 3. The van der Waals surface area contributed by atoms with E-state index in [1.165, 1.54) is 18.2 Å². The maximum atomic E-state index is 12.7. The summed E-state index contributed by atoms with van der Waals surface area (Å²) in [6.07, 6.45) is 0.681. The van der Waals surface area contributed by atoms with Gasteiger partial charge in [-0.2, -0.15) is 0 Å². The third-order valence-corrected chi connectivity index (χ3v) is 5.91. The van der Waals surface area contributed by atoms with E-state index in [9.17, 15) is 13.2 Å². The molecule has 7 heteroatoms. The summed E-state index contributed by atoms with van der Waals surface area (Å²) in [4.78, 5) is 12.3. The van der Waals surface area contributed by atoms with Crippen LogP contribution in [-0.4, -0.2) is 20.9 Å². The van der Waals surface area contributed by atoms with E-state index >= 15 is 0 Å². The number of para-hydroxylation sites is 1. The molecule has 3 rings (SSSR count). The van der Waals surface area contributed by atoms with Crippen LogP contribution in [0, 0.1) is 0 Å². The second kappa shape index (κ2) is 8.91. The molecule has 0 bridgehead atoms. The van der Waals surface area contributed by atoms with E-state index in [0.717, 1.165) is 5.56 Å². The van der Waals surface area contributed by atoms with Gasteiger partial charge in [0.25, 0.3) is 15.9 Å². The van der Waals surface area contributed by atoms with Crippen LogP contribution in [0.5, 0.6) is 0 Å². The van der Waals surface area contributed by atoms with Crippen LogP contribution < -0.4 is 10.0 Å². The highest BCUT2D eigenvalue weighted by Crippen LogP contribution is 2.25. The maximum absolute atomic E-state index is 12.7. The molecular formula is C21H19ClN2O3S. The molecule has 3 aromatic carbocycles. The molecule has 144 valence electrons. The standard InChI is InChI=1S/C21H19ClN2O3S/c22-19-12-11-17(21(25)23-14-13-16-7-3-1-4-8-16)15-20(19)28(26,27)24-18-9-5-2-6-10-18/h1-12,15,24H,13-14H2,(H,23,25). The van der Waals surface area contributed by atoms with Gasteiger partial charge in [0.1, 0.15) is 4.90 Å². The van der Waals surface area contributed by atoms with Gasteiger partial charge < -0.3 is 5.32 Å². The zero-order chi connectivity index (χ0) is 20.0. The van der Waals surface area contributed by atoms with Crippen molar-refractivity contribution in [1.82, 2.24) is 5.32 Å². The number of halogens is 1. The van der Waals surface area contributed by atoms with Crippen LogP contribution in [-0.2, 0) is 16.4 Å². The number of nitrogens with one attached hydrogen (secondary N) is 2. The van der Waals surface area contributed by atoms with Crippen molar-refractivity contribution in [2.45, 2.75) is 11.3 Å². The Morgan fingerprint density at radius 2 is 1.54 bits per heavy atom. The van der Waals surface area contributed by atoms with Gasteiger partial charge in [-0.1, -0.05) is 60.1 Å². The second-order valence-corrected chi connectivity index (χ2v) is 8.17. The molecule has 5 nitrogen and oxygen atoms in total. The van der Waals surface area contributed by atoms with Crippen LogP contribution in [0.15, 0.2) is 83.8 Å². The van der Waals surface area contributed by atoms with E-state index in [2.05, 4.69) is 10.0 Å². The summed E-state index contributed by atoms with van der Waals surface area (Å²) in [6, 6.07) is 22.4. The summed E-state index contributed by atoms with van der Waals surface area (Å²) < 4.78 is 27.8. The molecule has 0 aliphatic rings. The smallest absolute Gasteiger partial charge is 0.263 e. The Bertz CT molecular complexity index is 1060. The molecule has 0 aliphatic heterocycles. The monoisotopic (exact) mass is 414 g/mol. The van der Waals surface area contributed by atoms with Crippen molar-refractivity contribution in [2.75, 3.05) is 11.3 Å². The largest absolute Gasteiger partial charge is 0.352 e. The molecule has 0 fully saturated rings. The second-order valence-electron chi connectivity index (χ2n) is 6.11. The molecule has 0 radical (unpaired) electrons. The van der Waals surface area contributed by atoms with E-state index in [-0.39, 0.29) is 21.4 Å². The Labute approximate surface area is 169 Å². The molecule has 0 atom stereocenters. The van der Waals surface area contributed by atoms with Crippen LogP contribution in [0.1, 0.15) is 15.9 Å². The van der Waals surface area contributed by atoms with E-state index < -0.39 is 10.0 Å². The van der Waals surface area contributed by atoms with Gasteiger partial charge in [0.2, 0.25) is 0 Å². The lowest BCUT2D eigenvalue weighted by atomic mass is 10.1. The van der Waals surface area contributed by atoms with Gasteiger partial charge in [0.05, 0.1) is 5.02 Å². The molecule has 0 aromatic heterocycles. The SMILES string of the molecule is O=C(NCCc1ccccc1)c1ccc(Cl)c(S(=O)(=O)Nc2ccccc2)c1. The molecule has 0 unspecified atom stereocenters. The first-order chi connectivity index (χ1) is 13.5. The molecule has 2 N–H and O–H groups in total. The predicted molar refractivity (Wildman–Crippen MR) is 111 cm³/mol. The summed E-state index contributed by atoms with van der Waals surface area (Å²) in [6.45, 7) is 0.440. The minimum Gasteiger partial charge on any atom is -0.352 e. The number of hydrogen-bond donors (Lipinski definition) is 2. The van der Waals surface area contributed by atoms with Crippen molar-refractivity contribution in [3.8, 4) is 0 Å². The first kappa shape index (κ1) is 19.9. The highest BCUT2D eigenvalue weighted by molar-refractivity contribution is 7.92. The molecule has 28 heavy (non-hydrogen) atoms. The van der Waals surface area contributed by atoms with Crippen LogP contribution in [0.3, 0.4) is 0 Å². The highest BCUT2D eigenvalue weighted by Gasteiger charge is 2.20. The molecular weight excluding hydrogens is 396 g/mol. The maximum Gasteiger partial charge on any atom is 0.263 e. The zero-order valence-corrected chi connectivity index (χ0v) is 16.5. The van der Waals surface area contributed by atoms with E-state index in [4.69, 9.17) is 11.6 Å².